The molecule has 5 heteroatoms. The van der Waals surface area contributed by atoms with Crippen LogP contribution in [0.1, 0.15) is 36.9 Å². The summed E-state index contributed by atoms with van der Waals surface area (Å²) in [7, 11) is 0. The van der Waals surface area contributed by atoms with E-state index in [4.69, 9.17) is 0 Å². The fraction of sp³-hybridized carbons (Fsp3) is 0.538. The first-order chi connectivity index (χ1) is 8.37. The van der Waals surface area contributed by atoms with Gasteiger partial charge in [-0.3, -0.25) is 0 Å². The van der Waals surface area contributed by atoms with Crippen LogP contribution in [0.3, 0.4) is 0 Å². The second-order valence-corrected chi connectivity index (χ2v) is 4.79. The van der Waals surface area contributed by atoms with Crippen LogP contribution in [-0.4, -0.2) is 12.2 Å². The molecule has 0 heterocycles. The highest BCUT2D eigenvalue weighted by molar-refractivity contribution is 5.35. The average molecular weight is 261 g/mol. The minimum Gasteiger partial charge on any atom is -0.307 e. The first kappa shape index (κ1) is 13.3. The van der Waals surface area contributed by atoms with Gasteiger partial charge in [-0.1, -0.05) is 12.1 Å². The summed E-state index contributed by atoms with van der Waals surface area (Å²) in [4.78, 5) is 0. The first-order valence-electron chi connectivity index (χ1n) is 5.97. The SMILES string of the molecule is CC(CC(F)(F)F)NC1CCc2c(F)cccc21. The van der Waals surface area contributed by atoms with Gasteiger partial charge in [-0.15, -0.1) is 0 Å². The smallest absolute Gasteiger partial charge is 0.307 e. The van der Waals surface area contributed by atoms with Crippen LogP contribution in [0.15, 0.2) is 18.2 Å². The van der Waals surface area contributed by atoms with Crippen molar-refractivity contribution in [1.29, 1.82) is 0 Å². The predicted molar refractivity (Wildman–Crippen MR) is 60.7 cm³/mol. The molecule has 0 bridgehead atoms. The molecule has 2 rings (SSSR count). The summed E-state index contributed by atoms with van der Waals surface area (Å²) in [6.45, 7) is 1.50. The van der Waals surface area contributed by atoms with Crippen molar-refractivity contribution in [1.82, 2.24) is 5.32 Å². The van der Waals surface area contributed by atoms with Crippen molar-refractivity contribution < 1.29 is 17.6 Å². The molecular formula is C13H15F4N. The van der Waals surface area contributed by atoms with Crippen molar-refractivity contribution in [2.75, 3.05) is 0 Å². The molecule has 1 aliphatic rings. The van der Waals surface area contributed by atoms with Crippen molar-refractivity contribution in [2.24, 2.45) is 0 Å². The summed E-state index contributed by atoms with van der Waals surface area (Å²) < 4.78 is 50.2. The van der Waals surface area contributed by atoms with Gasteiger partial charge >= 0.3 is 6.18 Å². The molecule has 0 radical (unpaired) electrons. The Labute approximate surface area is 103 Å². The minimum atomic E-state index is -4.17. The highest BCUT2D eigenvalue weighted by atomic mass is 19.4. The van der Waals surface area contributed by atoms with Gasteiger partial charge in [-0.25, -0.2) is 4.39 Å². The normalized spacial score (nSPS) is 20.8. The summed E-state index contributed by atoms with van der Waals surface area (Å²) in [5, 5.41) is 2.93. The molecule has 1 N–H and O–H groups in total. The molecule has 100 valence electrons. The Morgan fingerprint density at radius 2 is 2.11 bits per heavy atom. The number of rotatable bonds is 3. The lowest BCUT2D eigenvalue weighted by Crippen LogP contribution is -2.33. The number of halogens is 4. The summed E-state index contributed by atoms with van der Waals surface area (Å²) in [6, 6.07) is 3.93. The fourth-order valence-electron chi connectivity index (χ4n) is 2.53. The van der Waals surface area contributed by atoms with E-state index in [0.29, 0.717) is 18.4 Å². The topological polar surface area (TPSA) is 12.0 Å². The molecule has 0 aromatic heterocycles. The van der Waals surface area contributed by atoms with Crippen molar-refractivity contribution in [3.8, 4) is 0 Å². The van der Waals surface area contributed by atoms with Gasteiger partial charge in [0.05, 0.1) is 6.42 Å². The summed E-state index contributed by atoms with van der Waals surface area (Å²) in [5.41, 5.74) is 1.43. The van der Waals surface area contributed by atoms with Crippen molar-refractivity contribution in [2.45, 2.75) is 44.4 Å². The molecule has 2 unspecified atom stereocenters. The summed E-state index contributed by atoms with van der Waals surface area (Å²) >= 11 is 0. The highest BCUT2D eigenvalue weighted by Gasteiger charge is 2.32. The number of nitrogens with one attached hydrogen (secondary N) is 1. The fourth-order valence-corrected chi connectivity index (χ4v) is 2.53. The van der Waals surface area contributed by atoms with Gasteiger partial charge in [-0.2, -0.15) is 13.2 Å². The molecule has 2 atom stereocenters. The van der Waals surface area contributed by atoms with Gasteiger partial charge in [0.15, 0.2) is 0 Å². The van der Waals surface area contributed by atoms with Crippen molar-refractivity contribution in [3.05, 3.63) is 35.1 Å². The lowest BCUT2D eigenvalue weighted by molar-refractivity contribution is -0.139. The van der Waals surface area contributed by atoms with Crippen LogP contribution < -0.4 is 5.32 Å². The van der Waals surface area contributed by atoms with Crippen LogP contribution in [0.2, 0.25) is 0 Å². The third-order valence-corrected chi connectivity index (χ3v) is 3.24. The van der Waals surface area contributed by atoms with Crippen LogP contribution in [-0.2, 0) is 6.42 Å². The zero-order valence-corrected chi connectivity index (χ0v) is 10.0. The van der Waals surface area contributed by atoms with Crippen molar-refractivity contribution in [3.63, 3.8) is 0 Å². The number of hydrogen-bond acceptors (Lipinski definition) is 1. The second kappa shape index (κ2) is 4.88. The zero-order chi connectivity index (χ0) is 13.3. The Morgan fingerprint density at radius 3 is 2.78 bits per heavy atom. The Balaban J connectivity index is 2.04. The maximum Gasteiger partial charge on any atom is 0.390 e. The van der Waals surface area contributed by atoms with Gasteiger partial charge in [0.1, 0.15) is 5.82 Å². The average Bonchev–Trinajstić information content (AvgIpc) is 2.60. The molecule has 0 fully saturated rings. The van der Waals surface area contributed by atoms with E-state index in [-0.39, 0.29) is 11.9 Å². The third-order valence-electron chi connectivity index (χ3n) is 3.24. The Hall–Kier alpha value is -1.10. The Morgan fingerprint density at radius 1 is 1.39 bits per heavy atom. The van der Waals surface area contributed by atoms with Crippen molar-refractivity contribution >= 4 is 0 Å². The van der Waals surface area contributed by atoms with Crippen LogP contribution in [0.25, 0.3) is 0 Å². The lowest BCUT2D eigenvalue weighted by Gasteiger charge is -2.21. The largest absolute Gasteiger partial charge is 0.390 e. The highest BCUT2D eigenvalue weighted by Crippen LogP contribution is 2.33. The molecule has 1 nitrogen and oxygen atoms in total. The number of alkyl halides is 3. The molecular weight excluding hydrogens is 246 g/mol. The van der Waals surface area contributed by atoms with E-state index in [1.165, 1.54) is 13.0 Å². The van der Waals surface area contributed by atoms with E-state index < -0.39 is 18.6 Å². The zero-order valence-electron chi connectivity index (χ0n) is 10.0. The first-order valence-corrected chi connectivity index (χ1v) is 5.97. The molecule has 0 saturated heterocycles. The molecule has 1 aliphatic carbocycles. The summed E-state index contributed by atoms with van der Waals surface area (Å²) in [6.07, 6.45) is -3.80. The van der Waals surface area contributed by atoms with Gasteiger partial charge in [0.2, 0.25) is 0 Å². The monoisotopic (exact) mass is 261 g/mol. The molecule has 0 saturated carbocycles. The molecule has 1 aromatic rings. The number of fused-ring (bicyclic) bond motifs is 1. The van der Waals surface area contributed by atoms with Crippen LogP contribution in [0.5, 0.6) is 0 Å². The van der Waals surface area contributed by atoms with Crippen LogP contribution in [0.4, 0.5) is 17.6 Å². The maximum absolute atomic E-state index is 13.5. The van der Waals surface area contributed by atoms with Gasteiger partial charge in [0, 0.05) is 12.1 Å². The maximum atomic E-state index is 13.5. The second-order valence-electron chi connectivity index (χ2n) is 4.79. The standard InChI is InChI=1S/C13H15F4N/c1-8(7-13(15,16)17)18-12-6-5-9-10(12)3-2-4-11(9)14/h2-4,8,12,18H,5-7H2,1H3. The quantitative estimate of drug-likeness (QED) is 0.817. The van der Waals surface area contributed by atoms with Crippen LogP contribution >= 0.6 is 0 Å². The number of benzene rings is 1. The van der Waals surface area contributed by atoms with E-state index in [1.807, 2.05) is 0 Å². The van der Waals surface area contributed by atoms with E-state index in [0.717, 1.165) is 5.56 Å². The minimum absolute atomic E-state index is 0.173. The van der Waals surface area contributed by atoms with Gasteiger partial charge < -0.3 is 5.32 Å². The Kier molecular flexibility index (Phi) is 3.61. The Bertz CT molecular complexity index is 427. The van der Waals surface area contributed by atoms with Gasteiger partial charge in [-0.05, 0) is 37.0 Å². The van der Waals surface area contributed by atoms with Crippen LogP contribution in [0, 0.1) is 5.82 Å². The summed E-state index contributed by atoms with van der Waals surface area (Å²) in [5.74, 6) is -0.264. The predicted octanol–water partition coefficient (Wildman–Crippen LogP) is 3.74. The van der Waals surface area contributed by atoms with E-state index in [2.05, 4.69) is 5.32 Å². The van der Waals surface area contributed by atoms with E-state index in [1.54, 1.807) is 12.1 Å². The third kappa shape index (κ3) is 3.02. The van der Waals surface area contributed by atoms with E-state index >= 15 is 0 Å². The molecule has 0 spiro atoms. The molecule has 1 aromatic carbocycles. The van der Waals surface area contributed by atoms with E-state index in [9.17, 15) is 17.6 Å². The lowest BCUT2D eigenvalue weighted by atomic mass is 10.1. The number of hydrogen-bond donors (Lipinski definition) is 1. The molecule has 0 amide bonds. The van der Waals surface area contributed by atoms with Gasteiger partial charge in [0.25, 0.3) is 0 Å². The molecule has 0 aliphatic heterocycles. The molecule has 18 heavy (non-hydrogen) atoms.